The smallest absolute Gasteiger partial charge is 0.120 e. The maximum atomic E-state index is 10.1. The van der Waals surface area contributed by atoms with Crippen LogP contribution in [0.15, 0.2) is 0 Å². The second-order valence-corrected chi connectivity index (χ2v) is 2.94. The summed E-state index contributed by atoms with van der Waals surface area (Å²) in [6.45, 7) is 1.11. The molecule has 0 amide bonds. The van der Waals surface area contributed by atoms with Crippen LogP contribution >= 0.6 is 0 Å². The molecule has 2 atom stereocenters. The second-order valence-electron chi connectivity index (χ2n) is 2.94. The SMILES string of the molecule is CO[C@@H](CCC=O)CC1CN1. The van der Waals surface area contributed by atoms with Gasteiger partial charge in [0.05, 0.1) is 6.10 Å². The van der Waals surface area contributed by atoms with Gasteiger partial charge >= 0.3 is 0 Å². The molecule has 64 valence electrons. The first-order chi connectivity index (χ1) is 5.36. The number of aldehydes is 1. The zero-order valence-corrected chi connectivity index (χ0v) is 6.88. The normalized spacial score (nSPS) is 24.6. The third-order valence-electron chi connectivity index (χ3n) is 1.98. The average Bonchev–Trinajstić information content (AvgIpc) is 2.81. The monoisotopic (exact) mass is 157 g/mol. The van der Waals surface area contributed by atoms with Crippen molar-refractivity contribution in [1.82, 2.24) is 5.32 Å². The molecule has 0 radical (unpaired) electrons. The number of nitrogens with one attached hydrogen (secondary N) is 1. The molecule has 1 aliphatic heterocycles. The van der Waals surface area contributed by atoms with Gasteiger partial charge in [0.1, 0.15) is 6.29 Å². The van der Waals surface area contributed by atoms with Crippen molar-refractivity contribution in [3.63, 3.8) is 0 Å². The summed E-state index contributed by atoms with van der Waals surface area (Å²) in [5.41, 5.74) is 0. The molecule has 1 saturated heterocycles. The highest BCUT2D eigenvalue weighted by molar-refractivity contribution is 5.49. The van der Waals surface area contributed by atoms with Gasteiger partial charge in [-0.2, -0.15) is 0 Å². The fourth-order valence-electron chi connectivity index (χ4n) is 1.15. The summed E-state index contributed by atoms with van der Waals surface area (Å²) < 4.78 is 5.20. The Bertz CT molecular complexity index is 123. The highest BCUT2D eigenvalue weighted by Gasteiger charge is 2.23. The van der Waals surface area contributed by atoms with Gasteiger partial charge in [-0.3, -0.25) is 0 Å². The maximum Gasteiger partial charge on any atom is 0.120 e. The molecule has 3 heteroatoms. The van der Waals surface area contributed by atoms with E-state index in [4.69, 9.17) is 4.74 Å². The molecule has 0 aromatic rings. The predicted octanol–water partition coefficient (Wildman–Crippen LogP) is 0.342. The van der Waals surface area contributed by atoms with Crippen molar-refractivity contribution in [2.45, 2.75) is 31.4 Å². The minimum Gasteiger partial charge on any atom is -0.381 e. The fraction of sp³-hybridized carbons (Fsp3) is 0.875. The van der Waals surface area contributed by atoms with Crippen LogP contribution in [0.2, 0.25) is 0 Å². The van der Waals surface area contributed by atoms with E-state index in [0.29, 0.717) is 12.5 Å². The van der Waals surface area contributed by atoms with Crippen molar-refractivity contribution in [2.75, 3.05) is 13.7 Å². The fourth-order valence-corrected chi connectivity index (χ4v) is 1.15. The first-order valence-electron chi connectivity index (χ1n) is 4.06. The third-order valence-corrected chi connectivity index (χ3v) is 1.98. The summed E-state index contributed by atoms with van der Waals surface area (Å²) in [6, 6.07) is 0.645. The molecule has 1 N–H and O–H groups in total. The molecule has 0 bridgehead atoms. The van der Waals surface area contributed by atoms with Crippen LogP contribution in [0.25, 0.3) is 0 Å². The van der Waals surface area contributed by atoms with Crippen molar-refractivity contribution in [1.29, 1.82) is 0 Å². The van der Waals surface area contributed by atoms with E-state index in [-0.39, 0.29) is 6.10 Å². The zero-order valence-electron chi connectivity index (χ0n) is 6.88. The van der Waals surface area contributed by atoms with E-state index in [2.05, 4.69) is 5.32 Å². The number of methoxy groups -OCH3 is 1. The van der Waals surface area contributed by atoms with E-state index < -0.39 is 0 Å². The Morgan fingerprint density at radius 3 is 3.00 bits per heavy atom. The lowest BCUT2D eigenvalue weighted by atomic mass is 10.1. The van der Waals surface area contributed by atoms with E-state index >= 15 is 0 Å². The number of rotatable bonds is 6. The minimum absolute atomic E-state index is 0.264. The summed E-state index contributed by atoms with van der Waals surface area (Å²) in [4.78, 5) is 10.1. The quantitative estimate of drug-likeness (QED) is 0.447. The van der Waals surface area contributed by atoms with Crippen molar-refractivity contribution in [3.05, 3.63) is 0 Å². The summed E-state index contributed by atoms with van der Waals surface area (Å²) in [5.74, 6) is 0. The maximum absolute atomic E-state index is 10.1. The number of carbonyl (C=O) groups is 1. The number of ether oxygens (including phenoxy) is 1. The highest BCUT2D eigenvalue weighted by atomic mass is 16.5. The molecule has 1 unspecified atom stereocenters. The van der Waals surface area contributed by atoms with E-state index in [9.17, 15) is 4.79 Å². The lowest BCUT2D eigenvalue weighted by Gasteiger charge is -2.11. The Morgan fingerprint density at radius 1 is 1.82 bits per heavy atom. The third kappa shape index (κ3) is 3.49. The lowest BCUT2D eigenvalue weighted by Crippen LogP contribution is -2.14. The predicted molar refractivity (Wildman–Crippen MR) is 42.5 cm³/mol. The minimum atomic E-state index is 0.264. The van der Waals surface area contributed by atoms with E-state index in [1.54, 1.807) is 7.11 Å². The van der Waals surface area contributed by atoms with Crippen LogP contribution in [0, 0.1) is 0 Å². The van der Waals surface area contributed by atoms with Crippen molar-refractivity contribution in [3.8, 4) is 0 Å². The van der Waals surface area contributed by atoms with Gasteiger partial charge in [-0.15, -0.1) is 0 Å². The molecule has 11 heavy (non-hydrogen) atoms. The number of carbonyl (C=O) groups excluding carboxylic acids is 1. The first kappa shape index (κ1) is 8.68. The van der Waals surface area contributed by atoms with Crippen LogP contribution in [-0.2, 0) is 9.53 Å². The van der Waals surface area contributed by atoms with Gasteiger partial charge < -0.3 is 14.8 Å². The molecule has 1 rings (SSSR count). The number of hydrogen-bond acceptors (Lipinski definition) is 3. The highest BCUT2D eigenvalue weighted by Crippen LogP contribution is 2.12. The topological polar surface area (TPSA) is 48.2 Å². The molecular weight excluding hydrogens is 142 g/mol. The first-order valence-corrected chi connectivity index (χ1v) is 4.06. The summed E-state index contributed by atoms with van der Waals surface area (Å²) in [6.07, 6.45) is 3.74. The standard InChI is InChI=1S/C8H15NO2/c1-11-8(3-2-4-10)5-7-6-9-7/h4,7-9H,2-3,5-6H2,1H3/t7?,8-/m0/s1. The van der Waals surface area contributed by atoms with Gasteiger partial charge in [0.2, 0.25) is 0 Å². The van der Waals surface area contributed by atoms with Gasteiger partial charge in [0.25, 0.3) is 0 Å². The van der Waals surface area contributed by atoms with Crippen LogP contribution in [-0.4, -0.2) is 32.1 Å². The Morgan fingerprint density at radius 2 is 2.55 bits per heavy atom. The van der Waals surface area contributed by atoms with E-state index in [0.717, 1.165) is 25.7 Å². The van der Waals surface area contributed by atoms with Crippen LogP contribution in [0.1, 0.15) is 19.3 Å². The van der Waals surface area contributed by atoms with Gasteiger partial charge in [0, 0.05) is 26.1 Å². The van der Waals surface area contributed by atoms with E-state index in [1.165, 1.54) is 0 Å². The molecule has 1 fully saturated rings. The van der Waals surface area contributed by atoms with Crippen LogP contribution in [0.5, 0.6) is 0 Å². The molecule has 0 spiro atoms. The molecule has 0 saturated carbocycles. The summed E-state index contributed by atoms with van der Waals surface area (Å²) in [7, 11) is 1.71. The molecule has 1 aliphatic rings. The molecule has 0 aromatic carbocycles. The van der Waals surface area contributed by atoms with Crippen LogP contribution < -0.4 is 5.32 Å². The molecule has 0 aliphatic carbocycles. The summed E-state index contributed by atoms with van der Waals surface area (Å²) in [5, 5.41) is 3.21. The van der Waals surface area contributed by atoms with Gasteiger partial charge in [-0.25, -0.2) is 0 Å². The van der Waals surface area contributed by atoms with Gasteiger partial charge in [-0.1, -0.05) is 0 Å². The molecule has 1 heterocycles. The van der Waals surface area contributed by atoms with Gasteiger partial charge in [-0.05, 0) is 12.8 Å². The van der Waals surface area contributed by atoms with Crippen molar-refractivity contribution in [2.24, 2.45) is 0 Å². The van der Waals surface area contributed by atoms with Crippen molar-refractivity contribution < 1.29 is 9.53 Å². The second kappa shape index (κ2) is 4.46. The van der Waals surface area contributed by atoms with Crippen LogP contribution in [0.4, 0.5) is 0 Å². The zero-order chi connectivity index (χ0) is 8.10. The van der Waals surface area contributed by atoms with Crippen LogP contribution in [0.3, 0.4) is 0 Å². The molecular formula is C8H15NO2. The largest absolute Gasteiger partial charge is 0.381 e. The van der Waals surface area contributed by atoms with Crippen molar-refractivity contribution >= 4 is 6.29 Å². The number of hydrogen-bond donors (Lipinski definition) is 1. The Balaban J connectivity index is 2.07. The summed E-state index contributed by atoms with van der Waals surface area (Å²) >= 11 is 0. The average molecular weight is 157 g/mol. The Labute approximate surface area is 67.1 Å². The Kier molecular flexibility index (Phi) is 3.52. The van der Waals surface area contributed by atoms with E-state index in [1.807, 2.05) is 0 Å². The molecule has 3 nitrogen and oxygen atoms in total. The lowest BCUT2D eigenvalue weighted by molar-refractivity contribution is -0.108. The van der Waals surface area contributed by atoms with Gasteiger partial charge in [0.15, 0.2) is 0 Å². The Hall–Kier alpha value is -0.410. The molecule has 0 aromatic heterocycles.